The molecule has 0 aliphatic rings. The molecule has 0 amide bonds. The summed E-state index contributed by atoms with van der Waals surface area (Å²) in [6, 6.07) is 10.2. The number of aryl methyl sites for hydroxylation is 3. The van der Waals surface area contributed by atoms with E-state index in [1.54, 1.807) is 0 Å². The molecule has 1 unspecified atom stereocenters. The van der Waals surface area contributed by atoms with E-state index in [2.05, 4.69) is 30.1 Å². The maximum absolute atomic E-state index is 10.3. The van der Waals surface area contributed by atoms with Crippen LogP contribution in [0.15, 0.2) is 36.5 Å². The van der Waals surface area contributed by atoms with E-state index in [0.29, 0.717) is 6.42 Å². The van der Waals surface area contributed by atoms with Gasteiger partial charge in [0.05, 0.1) is 5.69 Å². The summed E-state index contributed by atoms with van der Waals surface area (Å²) in [4.78, 5) is 4.35. The average molecular weight is 241 g/mol. The molecule has 2 heteroatoms. The van der Waals surface area contributed by atoms with Crippen molar-refractivity contribution in [3.05, 3.63) is 64.5 Å². The number of rotatable bonds is 3. The Bertz CT molecular complexity index is 549. The summed E-state index contributed by atoms with van der Waals surface area (Å²) in [5.74, 6) is 0. The van der Waals surface area contributed by atoms with Crippen LogP contribution in [0.1, 0.15) is 34.1 Å². The van der Waals surface area contributed by atoms with Crippen LogP contribution in [0.3, 0.4) is 0 Å². The maximum atomic E-state index is 10.3. The Hall–Kier alpha value is -1.67. The fourth-order valence-electron chi connectivity index (χ4n) is 2.22. The highest BCUT2D eigenvalue weighted by atomic mass is 16.3. The van der Waals surface area contributed by atoms with Crippen LogP contribution in [0, 0.1) is 20.8 Å². The Morgan fingerprint density at radius 3 is 2.50 bits per heavy atom. The summed E-state index contributed by atoms with van der Waals surface area (Å²) in [6.45, 7) is 6.07. The van der Waals surface area contributed by atoms with E-state index in [-0.39, 0.29) is 0 Å². The van der Waals surface area contributed by atoms with Crippen molar-refractivity contribution in [2.24, 2.45) is 0 Å². The minimum Gasteiger partial charge on any atom is -0.386 e. The van der Waals surface area contributed by atoms with Crippen molar-refractivity contribution in [1.29, 1.82) is 0 Å². The van der Waals surface area contributed by atoms with Gasteiger partial charge in [0.25, 0.3) is 0 Å². The van der Waals surface area contributed by atoms with Crippen LogP contribution in [-0.4, -0.2) is 10.1 Å². The number of aliphatic hydroxyl groups is 1. The Morgan fingerprint density at radius 2 is 1.83 bits per heavy atom. The van der Waals surface area contributed by atoms with E-state index in [0.717, 1.165) is 16.8 Å². The summed E-state index contributed by atoms with van der Waals surface area (Å²) in [5.41, 5.74) is 5.34. The second-order valence-corrected chi connectivity index (χ2v) is 4.86. The van der Waals surface area contributed by atoms with Gasteiger partial charge in [0.2, 0.25) is 0 Å². The van der Waals surface area contributed by atoms with E-state index >= 15 is 0 Å². The van der Waals surface area contributed by atoms with Crippen molar-refractivity contribution in [2.45, 2.75) is 33.3 Å². The molecule has 0 fully saturated rings. The first-order valence-corrected chi connectivity index (χ1v) is 6.23. The second-order valence-electron chi connectivity index (χ2n) is 4.86. The van der Waals surface area contributed by atoms with Crippen molar-refractivity contribution >= 4 is 0 Å². The van der Waals surface area contributed by atoms with E-state index in [1.165, 1.54) is 11.1 Å². The molecule has 1 heterocycles. The third-order valence-electron chi connectivity index (χ3n) is 3.25. The molecule has 0 spiro atoms. The lowest BCUT2D eigenvalue weighted by Crippen LogP contribution is -2.07. The molecular weight excluding hydrogens is 222 g/mol. The quantitative estimate of drug-likeness (QED) is 0.894. The highest BCUT2D eigenvalue weighted by Gasteiger charge is 2.13. The van der Waals surface area contributed by atoms with Crippen LogP contribution in [0.25, 0.3) is 0 Å². The fourth-order valence-corrected chi connectivity index (χ4v) is 2.22. The molecule has 0 saturated heterocycles. The van der Waals surface area contributed by atoms with Crippen LogP contribution in [0.4, 0.5) is 0 Å². The van der Waals surface area contributed by atoms with E-state index < -0.39 is 6.10 Å². The van der Waals surface area contributed by atoms with Gasteiger partial charge in [-0.3, -0.25) is 4.98 Å². The molecule has 0 saturated carbocycles. The van der Waals surface area contributed by atoms with Crippen LogP contribution in [0.2, 0.25) is 0 Å². The average Bonchev–Trinajstić information content (AvgIpc) is 2.32. The molecule has 2 rings (SSSR count). The smallest absolute Gasteiger partial charge is 0.100 e. The number of benzene rings is 1. The number of hydrogen-bond acceptors (Lipinski definition) is 2. The molecule has 1 aromatic heterocycles. The van der Waals surface area contributed by atoms with Gasteiger partial charge in [-0.05, 0) is 43.0 Å². The monoisotopic (exact) mass is 241 g/mol. The molecule has 0 bridgehead atoms. The van der Waals surface area contributed by atoms with Gasteiger partial charge in [0, 0.05) is 12.6 Å². The molecule has 2 aromatic rings. The van der Waals surface area contributed by atoms with Gasteiger partial charge in [-0.1, -0.05) is 30.3 Å². The van der Waals surface area contributed by atoms with E-state index in [9.17, 15) is 5.11 Å². The summed E-state index contributed by atoms with van der Waals surface area (Å²) in [5, 5.41) is 10.3. The molecule has 1 aromatic carbocycles. The standard InChI is InChI=1S/C16H19NO/c1-11-8-13(3)16(17-10-11)15(18)9-14-7-5-4-6-12(14)2/h4-8,10,15,18H,9H2,1-3H3. The third kappa shape index (κ3) is 2.77. The Kier molecular flexibility index (Phi) is 3.78. The Labute approximate surface area is 108 Å². The molecule has 0 radical (unpaired) electrons. The van der Waals surface area contributed by atoms with Gasteiger partial charge in [0.1, 0.15) is 6.10 Å². The van der Waals surface area contributed by atoms with Crippen molar-refractivity contribution < 1.29 is 5.11 Å². The van der Waals surface area contributed by atoms with E-state index in [4.69, 9.17) is 0 Å². The molecule has 2 nitrogen and oxygen atoms in total. The summed E-state index contributed by atoms with van der Waals surface area (Å²) >= 11 is 0. The zero-order chi connectivity index (χ0) is 13.1. The van der Waals surface area contributed by atoms with Crippen molar-refractivity contribution in [1.82, 2.24) is 4.98 Å². The number of aromatic nitrogens is 1. The second kappa shape index (κ2) is 5.32. The molecule has 1 atom stereocenters. The summed E-state index contributed by atoms with van der Waals surface area (Å²) in [6.07, 6.45) is 1.89. The van der Waals surface area contributed by atoms with Crippen molar-refractivity contribution in [3.8, 4) is 0 Å². The topological polar surface area (TPSA) is 33.1 Å². The zero-order valence-corrected chi connectivity index (χ0v) is 11.1. The molecule has 18 heavy (non-hydrogen) atoms. The van der Waals surface area contributed by atoms with Crippen LogP contribution >= 0.6 is 0 Å². The molecule has 0 aliphatic carbocycles. The summed E-state index contributed by atoms with van der Waals surface area (Å²) < 4.78 is 0. The lowest BCUT2D eigenvalue weighted by Gasteiger charge is -2.14. The molecular formula is C16H19NO. The molecule has 0 aliphatic heterocycles. The number of pyridine rings is 1. The number of hydrogen-bond donors (Lipinski definition) is 1. The minimum atomic E-state index is -0.535. The first-order chi connectivity index (χ1) is 8.58. The van der Waals surface area contributed by atoms with Gasteiger partial charge < -0.3 is 5.11 Å². The Balaban J connectivity index is 2.22. The predicted molar refractivity (Wildman–Crippen MR) is 73.6 cm³/mol. The van der Waals surface area contributed by atoms with Gasteiger partial charge in [-0.15, -0.1) is 0 Å². The minimum absolute atomic E-state index is 0.535. The van der Waals surface area contributed by atoms with Crippen molar-refractivity contribution in [2.75, 3.05) is 0 Å². The summed E-state index contributed by atoms with van der Waals surface area (Å²) in [7, 11) is 0. The SMILES string of the molecule is Cc1cnc(C(O)Cc2ccccc2C)c(C)c1. The van der Waals surface area contributed by atoms with Crippen LogP contribution in [0.5, 0.6) is 0 Å². The first-order valence-electron chi connectivity index (χ1n) is 6.23. The van der Waals surface area contributed by atoms with Crippen LogP contribution in [-0.2, 0) is 6.42 Å². The van der Waals surface area contributed by atoms with Gasteiger partial charge in [-0.2, -0.15) is 0 Å². The van der Waals surface area contributed by atoms with E-state index in [1.807, 2.05) is 32.2 Å². The molecule has 94 valence electrons. The zero-order valence-electron chi connectivity index (χ0n) is 11.1. The number of aliphatic hydroxyl groups excluding tert-OH is 1. The largest absolute Gasteiger partial charge is 0.386 e. The third-order valence-corrected chi connectivity index (χ3v) is 3.25. The Morgan fingerprint density at radius 1 is 1.11 bits per heavy atom. The maximum Gasteiger partial charge on any atom is 0.100 e. The highest BCUT2D eigenvalue weighted by molar-refractivity contribution is 5.30. The lowest BCUT2D eigenvalue weighted by atomic mass is 9.99. The van der Waals surface area contributed by atoms with Gasteiger partial charge >= 0.3 is 0 Å². The first kappa shape index (κ1) is 12.8. The highest BCUT2D eigenvalue weighted by Crippen LogP contribution is 2.21. The normalized spacial score (nSPS) is 12.4. The lowest BCUT2D eigenvalue weighted by molar-refractivity contribution is 0.172. The number of nitrogens with zero attached hydrogens (tertiary/aromatic N) is 1. The van der Waals surface area contributed by atoms with Crippen molar-refractivity contribution in [3.63, 3.8) is 0 Å². The van der Waals surface area contributed by atoms with Crippen LogP contribution < -0.4 is 0 Å². The molecule has 1 N–H and O–H groups in total. The van der Waals surface area contributed by atoms with Gasteiger partial charge in [0.15, 0.2) is 0 Å². The van der Waals surface area contributed by atoms with Gasteiger partial charge in [-0.25, -0.2) is 0 Å². The predicted octanol–water partition coefficient (Wildman–Crippen LogP) is 3.28. The fraction of sp³-hybridized carbons (Fsp3) is 0.312.